The van der Waals surface area contributed by atoms with Gasteiger partial charge in [-0.05, 0) is 37.1 Å². The largest absolute Gasteiger partial charge is 0.320 e. The van der Waals surface area contributed by atoms with Crippen molar-refractivity contribution < 1.29 is 4.79 Å². The van der Waals surface area contributed by atoms with E-state index in [0.717, 1.165) is 12.0 Å². The standard InChI is InChI=1S/C19H18ClN3O2/c1-3-10-23-19(25)15-7-5-4-6-14(15)17(22-23)18(24)21-16-11-13(20)9-8-12(16)2/h4-9,11H,3,10H2,1-2H3,(H,21,24). The van der Waals surface area contributed by atoms with E-state index in [9.17, 15) is 9.59 Å². The summed E-state index contributed by atoms with van der Waals surface area (Å²) < 4.78 is 1.35. The second-order valence-corrected chi connectivity index (χ2v) is 6.27. The van der Waals surface area contributed by atoms with Gasteiger partial charge in [-0.2, -0.15) is 5.10 Å². The second kappa shape index (κ2) is 7.07. The fourth-order valence-corrected chi connectivity index (χ4v) is 2.85. The quantitative estimate of drug-likeness (QED) is 0.768. The molecule has 2 aromatic carbocycles. The molecule has 0 aliphatic carbocycles. The predicted molar refractivity (Wildman–Crippen MR) is 100 cm³/mol. The molecule has 0 radical (unpaired) electrons. The molecule has 0 bridgehead atoms. The summed E-state index contributed by atoms with van der Waals surface area (Å²) in [5.41, 5.74) is 1.55. The lowest BCUT2D eigenvalue weighted by Gasteiger charge is -2.12. The van der Waals surface area contributed by atoms with Crippen LogP contribution in [0.2, 0.25) is 5.02 Å². The average molecular weight is 356 g/mol. The molecule has 1 N–H and O–H groups in total. The molecule has 1 aromatic heterocycles. The van der Waals surface area contributed by atoms with Gasteiger partial charge in [-0.1, -0.05) is 42.8 Å². The molecule has 0 atom stereocenters. The molecule has 0 unspecified atom stereocenters. The zero-order chi connectivity index (χ0) is 18.0. The van der Waals surface area contributed by atoms with E-state index in [2.05, 4.69) is 10.4 Å². The van der Waals surface area contributed by atoms with Crippen molar-refractivity contribution in [3.63, 3.8) is 0 Å². The van der Waals surface area contributed by atoms with E-state index >= 15 is 0 Å². The van der Waals surface area contributed by atoms with Gasteiger partial charge in [0.05, 0.1) is 5.39 Å². The van der Waals surface area contributed by atoms with Gasteiger partial charge in [0.15, 0.2) is 5.69 Å². The molecule has 25 heavy (non-hydrogen) atoms. The van der Waals surface area contributed by atoms with Crippen LogP contribution in [0.4, 0.5) is 5.69 Å². The molecule has 0 aliphatic rings. The summed E-state index contributed by atoms with van der Waals surface area (Å²) in [4.78, 5) is 25.3. The Morgan fingerprint density at radius 2 is 1.92 bits per heavy atom. The number of hydrogen-bond donors (Lipinski definition) is 1. The first kappa shape index (κ1) is 17.2. The first-order valence-corrected chi connectivity index (χ1v) is 8.46. The number of amides is 1. The van der Waals surface area contributed by atoms with Crippen molar-refractivity contribution in [3.8, 4) is 0 Å². The molecule has 0 aliphatic heterocycles. The summed E-state index contributed by atoms with van der Waals surface area (Å²) in [5.74, 6) is -0.369. The lowest BCUT2D eigenvalue weighted by Crippen LogP contribution is -2.27. The van der Waals surface area contributed by atoms with Gasteiger partial charge in [0.25, 0.3) is 11.5 Å². The van der Waals surface area contributed by atoms with Crippen LogP contribution < -0.4 is 10.9 Å². The highest BCUT2D eigenvalue weighted by molar-refractivity contribution is 6.31. The van der Waals surface area contributed by atoms with E-state index in [1.807, 2.05) is 19.9 Å². The zero-order valence-corrected chi connectivity index (χ0v) is 14.8. The summed E-state index contributed by atoms with van der Waals surface area (Å²) in [6.45, 7) is 4.30. The highest BCUT2D eigenvalue weighted by Crippen LogP contribution is 2.22. The lowest BCUT2D eigenvalue weighted by atomic mass is 10.1. The minimum atomic E-state index is -0.369. The summed E-state index contributed by atoms with van der Waals surface area (Å²) in [6.07, 6.45) is 0.750. The minimum Gasteiger partial charge on any atom is -0.320 e. The van der Waals surface area contributed by atoms with E-state index in [1.54, 1.807) is 36.4 Å². The maximum Gasteiger partial charge on any atom is 0.276 e. The van der Waals surface area contributed by atoms with Crippen LogP contribution in [-0.2, 0) is 6.54 Å². The van der Waals surface area contributed by atoms with Gasteiger partial charge < -0.3 is 5.32 Å². The van der Waals surface area contributed by atoms with Crippen molar-refractivity contribution >= 4 is 34.0 Å². The number of aryl methyl sites for hydroxylation is 2. The van der Waals surface area contributed by atoms with Gasteiger partial charge >= 0.3 is 0 Å². The van der Waals surface area contributed by atoms with Gasteiger partial charge in [-0.25, -0.2) is 4.68 Å². The average Bonchev–Trinajstić information content (AvgIpc) is 2.60. The fourth-order valence-electron chi connectivity index (χ4n) is 2.68. The third kappa shape index (κ3) is 3.42. The Morgan fingerprint density at radius 1 is 1.20 bits per heavy atom. The van der Waals surface area contributed by atoms with Gasteiger partial charge in [-0.15, -0.1) is 0 Å². The maximum absolute atomic E-state index is 12.8. The Kier molecular flexibility index (Phi) is 4.86. The van der Waals surface area contributed by atoms with Crippen molar-refractivity contribution in [2.24, 2.45) is 0 Å². The molecule has 0 saturated heterocycles. The Morgan fingerprint density at radius 3 is 2.64 bits per heavy atom. The molecule has 1 amide bonds. The summed E-state index contributed by atoms with van der Waals surface area (Å²) in [7, 11) is 0. The number of aromatic nitrogens is 2. The summed E-state index contributed by atoms with van der Waals surface area (Å²) in [6, 6.07) is 12.3. The van der Waals surface area contributed by atoms with Crippen LogP contribution >= 0.6 is 11.6 Å². The highest BCUT2D eigenvalue weighted by Gasteiger charge is 2.17. The molecule has 0 saturated carbocycles. The van der Waals surface area contributed by atoms with Crippen molar-refractivity contribution in [2.75, 3.05) is 5.32 Å². The van der Waals surface area contributed by atoms with Crippen LogP contribution in [0.15, 0.2) is 47.3 Å². The number of nitrogens with one attached hydrogen (secondary N) is 1. The van der Waals surface area contributed by atoms with Gasteiger partial charge in [0.2, 0.25) is 0 Å². The normalized spacial score (nSPS) is 10.8. The van der Waals surface area contributed by atoms with Gasteiger partial charge in [0, 0.05) is 22.6 Å². The molecule has 128 valence electrons. The van der Waals surface area contributed by atoms with Crippen LogP contribution in [0.25, 0.3) is 10.8 Å². The maximum atomic E-state index is 12.8. The Bertz CT molecular complexity index is 1010. The minimum absolute atomic E-state index is 0.187. The molecule has 0 fully saturated rings. The zero-order valence-electron chi connectivity index (χ0n) is 14.0. The number of fused-ring (bicyclic) bond motifs is 1. The number of nitrogens with zero attached hydrogens (tertiary/aromatic N) is 2. The van der Waals surface area contributed by atoms with Gasteiger partial charge in [-0.3, -0.25) is 9.59 Å². The number of rotatable bonds is 4. The number of halogens is 1. The van der Waals surface area contributed by atoms with Crippen molar-refractivity contribution in [3.05, 3.63) is 69.1 Å². The molecule has 3 rings (SSSR count). The monoisotopic (exact) mass is 355 g/mol. The van der Waals surface area contributed by atoms with Crippen molar-refractivity contribution in [1.82, 2.24) is 9.78 Å². The van der Waals surface area contributed by atoms with Crippen LogP contribution in [0, 0.1) is 6.92 Å². The Balaban J connectivity index is 2.11. The molecular weight excluding hydrogens is 338 g/mol. The number of carbonyl (C=O) groups is 1. The number of carbonyl (C=O) groups excluding carboxylic acids is 1. The number of hydrogen-bond acceptors (Lipinski definition) is 3. The van der Waals surface area contributed by atoms with E-state index in [4.69, 9.17) is 11.6 Å². The molecule has 3 aromatic rings. The van der Waals surface area contributed by atoms with E-state index in [1.165, 1.54) is 4.68 Å². The van der Waals surface area contributed by atoms with Crippen LogP contribution in [-0.4, -0.2) is 15.7 Å². The van der Waals surface area contributed by atoms with Crippen LogP contribution in [0.3, 0.4) is 0 Å². The fraction of sp³-hybridized carbons (Fsp3) is 0.211. The SMILES string of the molecule is CCCn1nc(C(=O)Nc2cc(Cl)ccc2C)c2ccccc2c1=O. The molecule has 6 heteroatoms. The smallest absolute Gasteiger partial charge is 0.276 e. The topological polar surface area (TPSA) is 64.0 Å². The second-order valence-electron chi connectivity index (χ2n) is 5.84. The van der Waals surface area contributed by atoms with E-state index in [0.29, 0.717) is 28.0 Å². The van der Waals surface area contributed by atoms with E-state index < -0.39 is 0 Å². The third-order valence-corrected chi connectivity index (χ3v) is 4.20. The molecule has 1 heterocycles. The highest BCUT2D eigenvalue weighted by atomic mass is 35.5. The molecule has 0 spiro atoms. The first-order chi connectivity index (χ1) is 12.0. The number of benzene rings is 2. The van der Waals surface area contributed by atoms with Crippen LogP contribution in [0.5, 0.6) is 0 Å². The lowest BCUT2D eigenvalue weighted by molar-refractivity contribution is 0.102. The Hall–Kier alpha value is -2.66. The van der Waals surface area contributed by atoms with Crippen LogP contribution in [0.1, 0.15) is 29.4 Å². The van der Waals surface area contributed by atoms with E-state index in [-0.39, 0.29) is 17.2 Å². The molecule has 5 nitrogen and oxygen atoms in total. The van der Waals surface area contributed by atoms with Crippen molar-refractivity contribution in [2.45, 2.75) is 26.8 Å². The summed E-state index contributed by atoms with van der Waals surface area (Å²) in [5, 5.41) is 8.71. The number of anilines is 1. The van der Waals surface area contributed by atoms with Gasteiger partial charge in [0.1, 0.15) is 0 Å². The summed E-state index contributed by atoms with van der Waals surface area (Å²) >= 11 is 6.02. The molecular formula is C19H18ClN3O2. The van der Waals surface area contributed by atoms with Crippen molar-refractivity contribution in [1.29, 1.82) is 0 Å². The Labute approximate surface area is 150 Å². The predicted octanol–water partition coefficient (Wildman–Crippen LogP) is 4.02. The first-order valence-electron chi connectivity index (χ1n) is 8.08. The third-order valence-electron chi connectivity index (χ3n) is 3.97.